The monoisotopic (exact) mass is 282 g/mol. The first-order valence-electron chi connectivity index (χ1n) is 6.62. The predicted molar refractivity (Wildman–Crippen MR) is 78.3 cm³/mol. The van der Waals surface area contributed by atoms with Gasteiger partial charge in [-0.1, -0.05) is 42.5 Å². The SMILES string of the molecule is O=C(O)c1ccc(C(O)Cc2ccc3ccccc3c2)o1. The molecule has 0 aliphatic heterocycles. The van der Waals surface area contributed by atoms with E-state index in [1.807, 2.05) is 42.5 Å². The molecule has 3 rings (SSSR count). The maximum atomic E-state index is 10.8. The molecule has 0 bridgehead atoms. The molecular formula is C17H14O4. The van der Waals surface area contributed by atoms with Crippen molar-refractivity contribution in [1.29, 1.82) is 0 Å². The Morgan fingerprint density at radius 3 is 2.52 bits per heavy atom. The zero-order valence-corrected chi connectivity index (χ0v) is 11.2. The van der Waals surface area contributed by atoms with E-state index in [1.54, 1.807) is 0 Å². The van der Waals surface area contributed by atoms with Gasteiger partial charge in [-0.3, -0.25) is 0 Å². The van der Waals surface area contributed by atoms with Gasteiger partial charge in [0.25, 0.3) is 0 Å². The minimum atomic E-state index is -1.14. The number of carboxylic acids is 1. The van der Waals surface area contributed by atoms with E-state index < -0.39 is 12.1 Å². The quantitative estimate of drug-likeness (QED) is 0.769. The first-order chi connectivity index (χ1) is 10.1. The third kappa shape index (κ3) is 2.80. The average molecular weight is 282 g/mol. The Hall–Kier alpha value is -2.59. The van der Waals surface area contributed by atoms with Gasteiger partial charge in [-0.05, 0) is 28.5 Å². The number of hydrogen-bond donors (Lipinski definition) is 2. The highest BCUT2D eigenvalue weighted by atomic mass is 16.4. The fourth-order valence-corrected chi connectivity index (χ4v) is 2.34. The summed E-state index contributed by atoms with van der Waals surface area (Å²) in [6, 6.07) is 16.8. The fourth-order valence-electron chi connectivity index (χ4n) is 2.34. The Labute approximate surface area is 121 Å². The maximum absolute atomic E-state index is 10.8. The first-order valence-corrected chi connectivity index (χ1v) is 6.62. The van der Waals surface area contributed by atoms with Crippen molar-refractivity contribution in [2.75, 3.05) is 0 Å². The molecule has 0 amide bonds. The summed E-state index contributed by atoms with van der Waals surface area (Å²) in [7, 11) is 0. The fraction of sp³-hybridized carbons (Fsp3) is 0.118. The van der Waals surface area contributed by atoms with Crippen molar-refractivity contribution in [2.24, 2.45) is 0 Å². The Kier molecular flexibility index (Phi) is 3.46. The van der Waals surface area contributed by atoms with E-state index in [-0.39, 0.29) is 11.5 Å². The van der Waals surface area contributed by atoms with Gasteiger partial charge in [-0.15, -0.1) is 0 Å². The van der Waals surface area contributed by atoms with E-state index in [1.165, 1.54) is 12.1 Å². The Morgan fingerprint density at radius 2 is 1.81 bits per heavy atom. The number of aliphatic hydroxyl groups excluding tert-OH is 1. The molecule has 0 aliphatic carbocycles. The molecule has 0 aliphatic rings. The molecule has 0 saturated heterocycles. The molecular weight excluding hydrogens is 268 g/mol. The van der Waals surface area contributed by atoms with Crippen LogP contribution >= 0.6 is 0 Å². The molecule has 4 heteroatoms. The molecule has 0 radical (unpaired) electrons. The van der Waals surface area contributed by atoms with Crippen molar-refractivity contribution < 1.29 is 19.4 Å². The zero-order chi connectivity index (χ0) is 14.8. The predicted octanol–water partition coefficient (Wildman–Crippen LogP) is 3.41. The Bertz CT molecular complexity index is 788. The van der Waals surface area contributed by atoms with Crippen LogP contribution in [0.15, 0.2) is 59.0 Å². The number of carbonyl (C=O) groups is 1. The molecule has 1 unspecified atom stereocenters. The van der Waals surface area contributed by atoms with Crippen molar-refractivity contribution in [1.82, 2.24) is 0 Å². The van der Waals surface area contributed by atoms with Gasteiger partial charge in [0.1, 0.15) is 11.9 Å². The molecule has 21 heavy (non-hydrogen) atoms. The third-order valence-corrected chi connectivity index (χ3v) is 3.41. The number of rotatable bonds is 4. The van der Waals surface area contributed by atoms with Gasteiger partial charge in [0.05, 0.1) is 0 Å². The second kappa shape index (κ2) is 5.42. The molecule has 3 aromatic rings. The highest BCUT2D eigenvalue weighted by Gasteiger charge is 2.16. The summed E-state index contributed by atoms with van der Waals surface area (Å²) >= 11 is 0. The van der Waals surface area contributed by atoms with Crippen molar-refractivity contribution in [3.8, 4) is 0 Å². The van der Waals surface area contributed by atoms with Crippen LogP contribution in [0.4, 0.5) is 0 Å². The molecule has 2 aromatic carbocycles. The first kappa shape index (κ1) is 13.4. The van der Waals surface area contributed by atoms with Gasteiger partial charge in [-0.2, -0.15) is 0 Å². The standard InChI is InChI=1S/C17H14O4/c18-14(15-7-8-16(21-15)17(19)20)10-11-5-6-12-3-1-2-4-13(12)9-11/h1-9,14,18H,10H2,(H,19,20). The van der Waals surface area contributed by atoms with Gasteiger partial charge < -0.3 is 14.6 Å². The molecule has 1 heterocycles. The van der Waals surface area contributed by atoms with Crippen LogP contribution in [0, 0.1) is 0 Å². The van der Waals surface area contributed by atoms with Crippen LogP contribution in [0.5, 0.6) is 0 Å². The minimum absolute atomic E-state index is 0.164. The Balaban J connectivity index is 1.81. The number of aromatic carboxylic acids is 1. The molecule has 4 nitrogen and oxygen atoms in total. The highest BCUT2D eigenvalue weighted by Crippen LogP contribution is 2.23. The second-order valence-electron chi connectivity index (χ2n) is 4.91. The molecule has 1 atom stereocenters. The van der Waals surface area contributed by atoms with Gasteiger partial charge >= 0.3 is 5.97 Å². The number of hydrogen-bond acceptors (Lipinski definition) is 3. The van der Waals surface area contributed by atoms with Gasteiger partial charge in [0.15, 0.2) is 0 Å². The van der Waals surface area contributed by atoms with Crippen LogP contribution in [-0.2, 0) is 6.42 Å². The number of furan rings is 1. The molecule has 2 N–H and O–H groups in total. The van der Waals surface area contributed by atoms with Crippen LogP contribution in [-0.4, -0.2) is 16.2 Å². The van der Waals surface area contributed by atoms with Gasteiger partial charge in [0.2, 0.25) is 5.76 Å². The molecule has 1 aromatic heterocycles. The van der Waals surface area contributed by atoms with Crippen LogP contribution < -0.4 is 0 Å². The van der Waals surface area contributed by atoms with E-state index >= 15 is 0 Å². The lowest BCUT2D eigenvalue weighted by Gasteiger charge is -2.09. The zero-order valence-electron chi connectivity index (χ0n) is 11.2. The highest BCUT2D eigenvalue weighted by molar-refractivity contribution is 5.84. The summed E-state index contributed by atoms with van der Waals surface area (Å²) in [6.45, 7) is 0. The van der Waals surface area contributed by atoms with E-state index in [0.29, 0.717) is 6.42 Å². The molecule has 0 spiro atoms. The van der Waals surface area contributed by atoms with Crippen molar-refractivity contribution in [2.45, 2.75) is 12.5 Å². The third-order valence-electron chi connectivity index (χ3n) is 3.41. The summed E-state index contributed by atoms with van der Waals surface area (Å²) in [5.74, 6) is -1.04. The largest absolute Gasteiger partial charge is 0.475 e. The van der Waals surface area contributed by atoms with Gasteiger partial charge in [-0.25, -0.2) is 4.79 Å². The number of fused-ring (bicyclic) bond motifs is 1. The minimum Gasteiger partial charge on any atom is -0.475 e. The van der Waals surface area contributed by atoms with E-state index in [2.05, 4.69) is 0 Å². The van der Waals surface area contributed by atoms with E-state index in [9.17, 15) is 9.90 Å². The lowest BCUT2D eigenvalue weighted by atomic mass is 10.0. The van der Waals surface area contributed by atoms with Crippen molar-refractivity contribution in [3.63, 3.8) is 0 Å². The van der Waals surface area contributed by atoms with Crippen molar-refractivity contribution >= 4 is 16.7 Å². The summed E-state index contributed by atoms with van der Waals surface area (Å²) < 4.78 is 5.12. The van der Waals surface area contributed by atoms with Crippen molar-refractivity contribution in [3.05, 3.63) is 71.7 Å². The number of aliphatic hydroxyl groups is 1. The summed E-state index contributed by atoms with van der Waals surface area (Å²) in [4.78, 5) is 10.8. The molecule has 0 saturated carbocycles. The summed E-state index contributed by atoms with van der Waals surface area (Å²) in [5, 5.41) is 21.2. The number of carboxylic acid groups (broad SMARTS) is 1. The van der Waals surface area contributed by atoms with E-state index in [4.69, 9.17) is 9.52 Å². The lowest BCUT2D eigenvalue weighted by Crippen LogP contribution is -2.01. The average Bonchev–Trinajstić information content (AvgIpc) is 2.97. The van der Waals surface area contributed by atoms with Crippen LogP contribution in [0.25, 0.3) is 10.8 Å². The Morgan fingerprint density at radius 1 is 1.05 bits per heavy atom. The molecule has 0 fully saturated rings. The van der Waals surface area contributed by atoms with Crippen LogP contribution in [0.2, 0.25) is 0 Å². The van der Waals surface area contributed by atoms with E-state index in [0.717, 1.165) is 16.3 Å². The topological polar surface area (TPSA) is 70.7 Å². The number of benzene rings is 2. The summed E-state index contributed by atoms with van der Waals surface area (Å²) in [5.41, 5.74) is 0.967. The van der Waals surface area contributed by atoms with Crippen LogP contribution in [0.3, 0.4) is 0 Å². The molecule has 106 valence electrons. The van der Waals surface area contributed by atoms with Crippen LogP contribution in [0.1, 0.15) is 28.0 Å². The maximum Gasteiger partial charge on any atom is 0.371 e. The van der Waals surface area contributed by atoms with Gasteiger partial charge in [0, 0.05) is 6.42 Å². The summed E-state index contributed by atoms with van der Waals surface area (Å²) in [6.07, 6.45) is -0.489. The smallest absolute Gasteiger partial charge is 0.371 e. The normalized spacial score (nSPS) is 12.4. The lowest BCUT2D eigenvalue weighted by molar-refractivity contribution is 0.0651. The second-order valence-corrected chi connectivity index (χ2v) is 4.91.